The normalized spacial score (nSPS) is 17.4. The Morgan fingerprint density at radius 3 is 2.73 bits per heavy atom. The summed E-state index contributed by atoms with van der Waals surface area (Å²) in [5.41, 5.74) is 8.09. The summed E-state index contributed by atoms with van der Waals surface area (Å²) < 4.78 is 1.76. The Labute approximate surface area is 136 Å². The molecule has 1 unspecified atom stereocenters. The molecule has 1 aromatic carbocycles. The van der Waals surface area contributed by atoms with Crippen molar-refractivity contribution in [1.82, 2.24) is 14.7 Å². The van der Waals surface area contributed by atoms with Crippen LogP contribution in [-0.2, 0) is 0 Å². The van der Waals surface area contributed by atoms with Crippen LogP contribution in [0.4, 0.5) is 0 Å². The third-order valence-electron chi connectivity index (χ3n) is 4.06. The van der Waals surface area contributed by atoms with Crippen molar-refractivity contribution in [2.75, 3.05) is 19.6 Å². The molecule has 3 rings (SSSR count). The smallest absolute Gasteiger partial charge is 0.257 e. The van der Waals surface area contributed by atoms with Gasteiger partial charge in [-0.2, -0.15) is 5.10 Å². The molecule has 2 N–H and O–H groups in total. The van der Waals surface area contributed by atoms with E-state index in [4.69, 9.17) is 5.73 Å². The summed E-state index contributed by atoms with van der Waals surface area (Å²) in [5, 5.41) is 4.46. The van der Waals surface area contributed by atoms with E-state index >= 15 is 0 Å². The number of nitrogens with zero attached hydrogens (tertiary/aromatic N) is 3. The molecule has 0 bridgehead atoms. The fourth-order valence-electron chi connectivity index (χ4n) is 2.76. The van der Waals surface area contributed by atoms with Gasteiger partial charge in [-0.1, -0.05) is 18.2 Å². The van der Waals surface area contributed by atoms with Gasteiger partial charge in [-0.15, -0.1) is 12.4 Å². The van der Waals surface area contributed by atoms with E-state index in [1.807, 2.05) is 48.4 Å². The molecule has 1 atom stereocenters. The summed E-state index contributed by atoms with van der Waals surface area (Å²) in [4.78, 5) is 14.5. The summed E-state index contributed by atoms with van der Waals surface area (Å²) in [6, 6.07) is 9.82. The summed E-state index contributed by atoms with van der Waals surface area (Å²) in [7, 11) is 0. The number of carbonyl (C=O) groups is 1. The van der Waals surface area contributed by atoms with Crippen LogP contribution >= 0.6 is 12.4 Å². The Kier molecular flexibility index (Phi) is 5.21. The highest BCUT2D eigenvalue weighted by atomic mass is 35.5. The van der Waals surface area contributed by atoms with Gasteiger partial charge < -0.3 is 10.6 Å². The Bertz CT molecular complexity index is 641. The summed E-state index contributed by atoms with van der Waals surface area (Å²) in [6.45, 7) is 4.07. The number of carbonyl (C=O) groups excluding carboxylic acids is 1. The first-order valence-corrected chi connectivity index (χ1v) is 7.30. The topological polar surface area (TPSA) is 64.2 Å². The van der Waals surface area contributed by atoms with Gasteiger partial charge in [0, 0.05) is 19.3 Å². The minimum Gasteiger partial charge on any atom is -0.338 e. The van der Waals surface area contributed by atoms with Crippen molar-refractivity contribution in [3.8, 4) is 5.69 Å². The highest BCUT2D eigenvalue weighted by Gasteiger charge is 2.28. The lowest BCUT2D eigenvalue weighted by Gasteiger charge is -2.15. The zero-order valence-electron chi connectivity index (χ0n) is 12.6. The van der Waals surface area contributed by atoms with Crippen molar-refractivity contribution in [1.29, 1.82) is 0 Å². The zero-order chi connectivity index (χ0) is 14.8. The molecule has 0 radical (unpaired) electrons. The average Bonchev–Trinajstić information content (AvgIpc) is 3.14. The maximum absolute atomic E-state index is 12.6. The molecule has 118 valence electrons. The van der Waals surface area contributed by atoms with E-state index in [1.165, 1.54) is 0 Å². The first-order chi connectivity index (χ1) is 10.2. The largest absolute Gasteiger partial charge is 0.338 e. The molecular weight excluding hydrogens is 300 g/mol. The number of nitrogens with two attached hydrogens (primary N) is 1. The van der Waals surface area contributed by atoms with Gasteiger partial charge in [-0.05, 0) is 37.9 Å². The third-order valence-corrected chi connectivity index (χ3v) is 4.06. The molecule has 2 aromatic rings. The molecule has 1 aliphatic rings. The van der Waals surface area contributed by atoms with Crippen LogP contribution in [0.2, 0.25) is 0 Å². The van der Waals surface area contributed by atoms with Crippen LogP contribution < -0.4 is 5.73 Å². The fourth-order valence-corrected chi connectivity index (χ4v) is 2.76. The van der Waals surface area contributed by atoms with E-state index in [1.54, 1.807) is 4.68 Å². The first-order valence-electron chi connectivity index (χ1n) is 7.30. The van der Waals surface area contributed by atoms with Crippen molar-refractivity contribution in [2.45, 2.75) is 13.3 Å². The molecule has 1 fully saturated rings. The van der Waals surface area contributed by atoms with Crippen LogP contribution in [0.5, 0.6) is 0 Å². The first kappa shape index (κ1) is 16.5. The van der Waals surface area contributed by atoms with Gasteiger partial charge >= 0.3 is 0 Å². The van der Waals surface area contributed by atoms with Crippen LogP contribution in [0.3, 0.4) is 0 Å². The minimum absolute atomic E-state index is 0. The molecule has 1 aliphatic heterocycles. The van der Waals surface area contributed by atoms with Crippen LogP contribution in [-0.4, -0.2) is 40.2 Å². The number of rotatable bonds is 3. The lowest BCUT2D eigenvalue weighted by atomic mass is 10.1. The van der Waals surface area contributed by atoms with Crippen LogP contribution in [0.25, 0.3) is 5.69 Å². The highest BCUT2D eigenvalue weighted by molar-refractivity contribution is 5.95. The van der Waals surface area contributed by atoms with Gasteiger partial charge in [-0.25, -0.2) is 4.68 Å². The molecular formula is C16H21ClN4O. The Balaban J connectivity index is 0.00000176. The predicted octanol–water partition coefficient (Wildman–Crippen LogP) is 2.02. The summed E-state index contributed by atoms with van der Waals surface area (Å²) >= 11 is 0. The van der Waals surface area contributed by atoms with Crippen molar-refractivity contribution < 1.29 is 4.79 Å². The number of hydrogen-bond donors (Lipinski definition) is 1. The van der Waals surface area contributed by atoms with Crippen LogP contribution in [0.15, 0.2) is 36.5 Å². The fraction of sp³-hybridized carbons (Fsp3) is 0.375. The van der Waals surface area contributed by atoms with Gasteiger partial charge in [0.25, 0.3) is 5.91 Å². The number of aryl methyl sites for hydroxylation is 1. The minimum atomic E-state index is 0. The summed E-state index contributed by atoms with van der Waals surface area (Å²) in [6.07, 6.45) is 2.82. The van der Waals surface area contributed by atoms with Gasteiger partial charge in [0.2, 0.25) is 0 Å². The monoisotopic (exact) mass is 320 g/mol. The second kappa shape index (κ2) is 6.94. The van der Waals surface area contributed by atoms with Gasteiger partial charge in [0.05, 0.1) is 16.9 Å². The lowest BCUT2D eigenvalue weighted by molar-refractivity contribution is 0.0787. The highest BCUT2D eigenvalue weighted by Crippen LogP contribution is 2.20. The molecule has 1 saturated heterocycles. The molecule has 0 aliphatic carbocycles. The Hall–Kier alpha value is -1.85. The maximum Gasteiger partial charge on any atom is 0.257 e. The second-order valence-corrected chi connectivity index (χ2v) is 5.55. The van der Waals surface area contributed by atoms with E-state index in [0.29, 0.717) is 18.0 Å². The molecule has 2 heterocycles. The van der Waals surface area contributed by atoms with Crippen LogP contribution in [0.1, 0.15) is 22.5 Å². The SMILES string of the molecule is Cc1nn(-c2ccccc2)cc1C(=O)N1CCC(CN)C1.Cl. The Morgan fingerprint density at radius 2 is 2.09 bits per heavy atom. The van der Waals surface area contributed by atoms with E-state index < -0.39 is 0 Å². The summed E-state index contributed by atoms with van der Waals surface area (Å²) in [5.74, 6) is 0.490. The maximum atomic E-state index is 12.6. The van der Waals surface area contributed by atoms with Gasteiger partial charge in [0.1, 0.15) is 0 Å². The average molecular weight is 321 g/mol. The number of aromatic nitrogens is 2. The molecule has 0 spiro atoms. The Morgan fingerprint density at radius 1 is 1.36 bits per heavy atom. The number of para-hydroxylation sites is 1. The van der Waals surface area contributed by atoms with Crippen molar-refractivity contribution in [3.63, 3.8) is 0 Å². The lowest BCUT2D eigenvalue weighted by Crippen LogP contribution is -2.30. The number of halogens is 1. The molecule has 6 heteroatoms. The van der Waals surface area contributed by atoms with Gasteiger partial charge in [-0.3, -0.25) is 4.79 Å². The quantitative estimate of drug-likeness (QED) is 0.941. The van der Waals surface area contributed by atoms with Gasteiger partial charge in [0.15, 0.2) is 0 Å². The van der Waals surface area contributed by atoms with Crippen LogP contribution in [0, 0.1) is 12.8 Å². The van der Waals surface area contributed by atoms with E-state index in [2.05, 4.69) is 5.10 Å². The zero-order valence-corrected chi connectivity index (χ0v) is 13.4. The van der Waals surface area contributed by atoms with Crippen molar-refractivity contribution >= 4 is 18.3 Å². The number of benzene rings is 1. The second-order valence-electron chi connectivity index (χ2n) is 5.55. The number of likely N-dealkylation sites (tertiary alicyclic amines) is 1. The standard InChI is InChI=1S/C16H20N4O.ClH/c1-12-15(16(21)19-8-7-13(9-17)10-19)11-20(18-12)14-5-3-2-4-6-14;/h2-6,11,13H,7-10,17H2,1H3;1H. The van der Waals surface area contributed by atoms with E-state index in [-0.39, 0.29) is 18.3 Å². The molecule has 1 amide bonds. The van der Waals surface area contributed by atoms with E-state index in [9.17, 15) is 4.79 Å². The van der Waals surface area contributed by atoms with Crippen molar-refractivity contribution in [3.05, 3.63) is 47.8 Å². The van der Waals surface area contributed by atoms with Crippen molar-refractivity contribution in [2.24, 2.45) is 11.7 Å². The molecule has 1 aromatic heterocycles. The predicted molar refractivity (Wildman–Crippen MR) is 88.6 cm³/mol. The number of amides is 1. The molecule has 5 nitrogen and oxygen atoms in total. The molecule has 22 heavy (non-hydrogen) atoms. The number of hydrogen-bond acceptors (Lipinski definition) is 3. The van der Waals surface area contributed by atoms with E-state index in [0.717, 1.165) is 30.9 Å². The molecule has 0 saturated carbocycles. The third kappa shape index (κ3) is 3.15.